The molecule has 0 bridgehead atoms. The molecule has 0 saturated heterocycles. The third kappa shape index (κ3) is 1.42. The third-order valence-electron chi connectivity index (χ3n) is 1.71. The number of imidazole rings is 1. The van der Waals surface area contributed by atoms with Crippen LogP contribution in [0.3, 0.4) is 0 Å². The highest BCUT2D eigenvalue weighted by Gasteiger charge is 2.10. The van der Waals surface area contributed by atoms with Crippen LogP contribution in [0.4, 0.5) is 5.69 Å². The first-order chi connectivity index (χ1) is 6.70. The molecule has 72 valence electrons. The van der Waals surface area contributed by atoms with Crippen molar-refractivity contribution in [2.45, 2.75) is 0 Å². The van der Waals surface area contributed by atoms with Gasteiger partial charge in [0.2, 0.25) is 0 Å². The number of aromatic nitrogens is 3. The van der Waals surface area contributed by atoms with Crippen molar-refractivity contribution in [2.75, 3.05) is 5.73 Å². The smallest absolute Gasteiger partial charge is 0.166 e. The first kappa shape index (κ1) is 9.30. The SMILES string of the molecule is Nc1cccnc1-n1cnc(Cl)c1Cl. The van der Waals surface area contributed by atoms with Crippen LogP contribution in [0.25, 0.3) is 5.82 Å². The predicted molar refractivity (Wildman–Crippen MR) is 55.8 cm³/mol. The van der Waals surface area contributed by atoms with Crippen molar-refractivity contribution in [3.63, 3.8) is 0 Å². The number of halogens is 2. The molecule has 2 rings (SSSR count). The summed E-state index contributed by atoms with van der Waals surface area (Å²) in [6.07, 6.45) is 3.10. The Labute approximate surface area is 90.3 Å². The van der Waals surface area contributed by atoms with Crippen LogP contribution in [0, 0.1) is 0 Å². The minimum Gasteiger partial charge on any atom is -0.396 e. The molecule has 0 saturated carbocycles. The van der Waals surface area contributed by atoms with Gasteiger partial charge >= 0.3 is 0 Å². The second-order valence-corrected chi connectivity index (χ2v) is 3.33. The fourth-order valence-corrected chi connectivity index (χ4v) is 1.38. The van der Waals surface area contributed by atoms with Gasteiger partial charge in [-0.2, -0.15) is 0 Å². The molecule has 2 aromatic rings. The number of nitrogens with zero attached hydrogens (tertiary/aromatic N) is 3. The highest BCUT2D eigenvalue weighted by Crippen LogP contribution is 2.24. The molecule has 0 aliphatic rings. The van der Waals surface area contributed by atoms with Crippen LogP contribution < -0.4 is 5.73 Å². The average Bonchev–Trinajstić information content (AvgIpc) is 2.49. The predicted octanol–water partition coefficient (Wildman–Crippen LogP) is 2.16. The van der Waals surface area contributed by atoms with E-state index in [9.17, 15) is 0 Å². The molecule has 4 nitrogen and oxygen atoms in total. The molecule has 0 spiro atoms. The quantitative estimate of drug-likeness (QED) is 0.814. The largest absolute Gasteiger partial charge is 0.396 e. The minimum absolute atomic E-state index is 0.233. The topological polar surface area (TPSA) is 56.7 Å². The monoisotopic (exact) mass is 228 g/mol. The molecular formula is C8H6Cl2N4. The van der Waals surface area contributed by atoms with E-state index in [1.807, 2.05) is 0 Å². The number of rotatable bonds is 1. The van der Waals surface area contributed by atoms with E-state index in [4.69, 9.17) is 28.9 Å². The van der Waals surface area contributed by atoms with Crippen LogP contribution in [-0.2, 0) is 0 Å². The zero-order valence-corrected chi connectivity index (χ0v) is 8.50. The highest BCUT2D eigenvalue weighted by molar-refractivity contribution is 6.40. The van der Waals surface area contributed by atoms with Crippen molar-refractivity contribution in [1.29, 1.82) is 0 Å². The Bertz CT molecular complexity index is 466. The van der Waals surface area contributed by atoms with Gasteiger partial charge in [0.25, 0.3) is 0 Å². The summed E-state index contributed by atoms with van der Waals surface area (Å²) < 4.78 is 1.53. The summed E-state index contributed by atoms with van der Waals surface area (Å²) in [7, 11) is 0. The number of anilines is 1. The summed E-state index contributed by atoms with van der Waals surface area (Å²) in [5.41, 5.74) is 6.23. The van der Waals surface area contributed by atoms with E-state index < -0.39 is 0 Å². The van der Waals surface area contributed by atoms with Gasteiger partial charge in [0.05, 0.1) is 5.69 Å². The van der Waals surface area contributed by atoms with E-state index in [1.54, 1.807) is 18.3 Å². The Balaban J connectivity index is 2.60. The van der Waals surface area contributed by atoms with Crippen molar-refractivity contribution in [2.24, 2.45) is 0 Å². The lowest BCUT2D eigenvalue weighted by atomic mass is 10.4. The van der Waals surface area contributed by atoms with Gasteiger partial charge < -0.3 is 5.73 Å². The molecule has 0 aliphatic carbocycles. The Hall–Kier alpha value is -1.26. The van der Waals surface area contributed by atoms with Gasteiger partial charge in [0.15, 0.2) is 16.1 Å². The fourth-order valence-electron chi connectivity index (χ4n) is 1.07. The summed E-state index contributed by atoms with van der Waals surface area (Å²) in [6, 6.07) is 3.47. The molecule has 0 unspecified atom stereocenters. The van der Waals surface area contributed by atoms with Crippen LogP contribution in [0.2, 0.25) is 10.3 Å². The van der Waals surface area contributed by atoms with Crippen molar-refractivity contribution in [1.82, 2.24) is 14.5 Å². The fraction of sp³-hybridized carbons (Fsp3) is 0. The molecule has 0 amide bonds. The Morgan fingerprint density at radius 2 is 2.07 bits per heavy atom. The van der Waals surface area contributed by atoms with Gasteiger partial charge in [-0.25, -0.2) is 9.97 Å². The number of hydrogen-bond donors (Lipinski definition) is 1. The number of nitrogens with two attached hydrogens (primary N) is 1. The first-order valence-corrected chi connectivity index (χ1v) is 4.55. The van der Waals surface area contributed by atoms with Crippen LogP contribution >= 0.6 is 23.2 Å². The first-order valence-electron chi connectivity index (χ1n) is 3.79. The van der Waals surface area contributed by atoms with Crippen molar-refractivity contribution >= 4 is 28.9 Å². The normalized spacial score (nSPS) is 10.4. The van der Waals surface area contributed by atoms with E-state index in [0.717, 1.165) is 0 Å². The zero-order chi connectivity index (χ0) is 10.1. The molecule has 2 heterocycles. The average molecular weight is 229 g/mol. The Kier molecular flexibility index (Phi) is 2.31. The van der Waals surface area contributed by atoms with Crippen molar-refractivity contribution < 1.29 is 0 Å². The highest BCUT2D eigenvalue weighted by atomic mass is 35.5. The summed E-state index contributed by atoms with van der Waals surface area (Å²) in [6.45, 7) is 0. The molecule has 2 aromatic heterocycles. The maximum atomic E-state index is 5.89. The van der Waals surface area contributed by atoms with Crippen LogP contribution in [0.5, 0.6) is 0 Å². The van der Waals surface area contributed by atoms with Gasteiger partial charge in [-0.05, 0) is 12.1 Å². The Morgan fingerprint density at radius 1 is 1.29 bits per heavy atom. The maximum Gasteiger partial charge on any atom is 0.166 e. The standard InChI is InChI=1S/C8H6Cl2N4/c9-6-7(10)14(4-13-6)8-5(11)2-1-3-12-8/h1-4H,11H2. The van der Waals surface area contributed by atoms with E-state index in [0.29, 0.717) is 16.7 Å². The van der Waals surface area contributed by atoms with E-state index in [1.165, 1.54) is 10.9 Å². The summed E-state index contributed by atoms with van der Waals surface area (Å²) in [5.74, 6) is 0.525. The third-order valence-corrected chi connectivity index (χ3v) is 2.45. The lowest BCUT2D eigenvalue weighted by Gasteiger charge is -2.04. The number of hydrogen-bond acceptors (Lipinski definition) is 3. The lowest BCUT2D eigenvalue weighted by Crippen LogP contribution is -2.00. The molecule has 0 atom stereocenters. The molecular weight excluding hydrogens is 223 g/mol. The number of pyridine rings is 1. The van der Waals surface area contributed by atoms with E-state index >= 15 is 0 Å². The molecule has 14 heavy (non-hydrogen) atoms. The molecule has 0 fully saturated rings. The van der Waals surface area contributed by atoms with Crippen LogP contribution in [-0.4, -0.2) is 14.5 Å². The van der Waals surface area contributed by atoms with E-state index in [-0.39, 0.29) is 5.15 Å². The van der Waals surface area contributed by atoms with Crippen LogP contribution in [0.1, 0.15) is 0 Å². The van der Waals surface area contributed by atoms with Gasteiger partial charge in [-0.3, -0.25) is 4.57 Å². The van der Waals surface area contributed by atoms with Gasteiger partial charge in [0, 0.05) is 6.20 Å². The molecule has 6 heteroatoms. The molecule has 0 radical (unpaired) electrons. The molecule has 0 aliphatic heterocycles. The van der Waals surface area contributed by atoms with Crippen molar-refractivity contribution in [3.8, 4) is 5.82 Å². The van der Waals surface area contributed by atoms with Gasteiger partial charge in [-0.1, -0.05) is 23.2 Å². The minimum atomic E-state index is 0.233. The van der Waals surface area contributed by atoms with Gasteiger partial charge in [0.1, 0.15) is 6.33 Å². The van der Waals surface area contributed by atoms with Crippen molar-refractivity contribution in [3.05, 3.63) is 35.0 Å². The van der Waals surface area contributed by atoms with E-state index in [2.05, 4.69) is 9.97 Å². The second-order valence-electron chi connectivity index (χ2n) is 2.61. The number of nitrogen functional groups attached to an aromatic ring is 1. The summed E-state index contributed by atoms with van der Waals surface area (Å²) in [5, 5.41) is 0.536. The second kappa shape index (κ2) is 3.48. The lowest BCUT2D eigenvalue weighted by molar-refractivity contribution is 0.998. The molecule has 0 aromatic carbocycles. The maximum absolute atomic E-state index is 5.89. The zero-order valence-electron chi connectivity index (χ0n) is 6.98. The summed E-state index contributed by atoms with van der Waals surface area (Å²) >= 11 is 11.6. The Morgan fingerprint density at radius 3 is 2.64 bits per heavy atom. The summed E-state index contributed by atoms with van der Waals surface area (Å²) in [4.78, 5) is 7.91. The van der Waals surface area contributed by atoms with Gasteiger partial charge in [-0.15, -0.1) is 0 Å². The molecule has 2 N–H and O–H groups in total. The van der Waals surface area contributed by atoms with Crippen LogP contribution in [0.15, 0.2) is 24.7 Å².